The molecule has 0 radical (unpaired) electrons. The molecular weight excluding hydrogens is 488 g/mol. The standard InChI is InChI=1S/C24H32N6.C6H12N2O/c1-4-30(5-2)20-12-10-19(11-13-20)27-21-8-6-7-18-16-26-24(29-23(18)21)28-22-14-9-17(3)15-25-22;9-5-8-6-1-3-7-4-2-6/h6-9,14-16,19-20,27H,4-5,10-13H2,1-3H3,(H,25,26,28,29);5-7H,1-4H2,(H,8,9). The summed E-state index contributed by atoms with van der Waals surface area (Å²) in [6.45, 7) is 10.9. The molecule has 1 saturated carbocycles. The number of anilines is 3. The number of pyridine rings is 1. The van der Waals surface area contributed by atoms with Crippen LogP contribution in [0.5, 0.6) is 0 Å². The molecule has 1 aliphatic carbocycles. The molecule has 9 nitrogen and oxygen atoms in total. The van der Waals surface area contributed by atoms with Crippen LogP contribution in [0, 0.1) is 6.92 Å². The first kappa shape index (κ1) is 28.7. The predicted octanol–water partition coefficient (Wildman–Crippen LogP) is 4.63. The first-order valence-corrected chi connectivity index (χ1v) is 14.5. The minimum Gasteiger partial charge on any atom is -0.381 e. The molecule has 1 amide bonds. The maximum Gasteiger partial charge on any atom is 0.228 e. The third-order valence-corrected chi connectivity index (χ3v) is 7.79. The smallest absolute Gasteiger partial charge is 0.228 e. The molecule has 1 aromatic carbocycles. The van der Waals surface area contributed by atoms with Gasteiger partial charge in [-0.2, -0.15) is 0 Å². The average molecular weight is 533 g/mol. The van der Waals surface area contributed by atoms with Gasteiger partial charge in [-0.25, -0.2) is 15.0 Å². The molecule has 2 aliphatic rings. The third-order valence-electron chi connectivity index (χ3n) is 7.79. The van der Waals surface area contributed by atoms with Gasteiger partial charge in [-0.05, 0) is 89.3 Å². The minimum atomic E-state index is 0.420. The Morgan fingerprint density at radius 2 is 1.72 bits per heavy atom. The van der Waals surface area contributed by atoms with Crippen LogP contribution in [0.3, 0.4) is 0 Å². The van der Waals surface area contributed by atoms with Gasteiger partial charge < -0.3 is 26.2 Å². The number of amides is 1. The molecule has 1 saturated heterocycles. The van der Waals surface area contributed by atoms with E-state index in [1.54, 1.807) is 0 Å². The third kappa shape index (κ3) is 8.34. The lowest BCUT2D eigenvalue weighted by Crippen LogP contribution is -2.40. The summed E-state index contributed by atoms with van der Waals surface area (Å²) in [7, 11) is 0. The van der Waals surface area contributed by atoms with Crippen molar-refractivity contribution in [1.29, 1.82) is 0 Å². The number of fused-ring (bicyclic) bond motifs is 1. The highest BCUT2D eigenvalue weighted by molar-refractivity contribution is 5.90. The summed E-state index contributed by atoms with van der Waals surface area (Å²) >= 11 is 0. The van der Waals surface area contributed by atoms with Crippen LogP contribution in [0.1, 0.15) is 57.9 Å². The maximum absolute atomic E-state index is 9.94. The summed E-state index contributed by atoms with van der Waals surface area (Å²) in [4.78, 5) is 26.2. The normalized spacial score (nSPS) is 19.7. The number of carbonyl (C=O) groups is 1. The first-order chi connectivity index (χ1) is 19.1. The number of aromatic nitrogens is 3. The Morgan fingerprint density at radius 3 is 2.38 bits per heavy atom. The Kier molecular flexibility index (Phi) is 10.9. The Morgan fingerprint density at radius 1 is 0.949 bits per heavy atom. The fourth-order valence-corrected chi connectivity index (χ4v) is 5.52. The number of nitrogens with zero attached hydrogens (tertiary/aromatic N) is 4. The highest BCUT2D eigenvalue weighted by Gasteiger charge is 2.24. The number of rotatable bonds is 9. The number of carbonyl (C=O) groups excluding carboxylic acids is 1. The number of hydrogen-bond donors (Lipinski definition) is 4. The second-order valence-electron chi connectivity index (χ2n) is 10.5. The predicted molar refractivity (Wildman–Crippen MR) is 159 cm³/mol. The molecule has 210 valence electrons. The molecule has 3 aromatic rings. The molecule has 2 fully saturated rings. The zero-order chi connectivity index (χ0) is 27.5. The number of piperidine rings is 1. The average Bonchev–Trinajstić information content (AvgIpc) is 2.97. The van der Waals surface area contributed by atoms with Crippen LogP contribution in [0.4, 0.5) is 17.5 Å². The van der Waals surface area contributed by atoms with Gasteiger partial charge in [0.1, 0.15) is 5.82 Å². The lowest BCUT2D eigenvalue weighted by atomic mass is 9.90. The number of hydrogen-bond acceptors (Lipinski definition) is 8. The van der Waals surface area contributed by atoms with Crippen molar-refractivity contribution in [3.63, 3.8) is 0 Å². The van der Waals surface area contributed by atoms with Crippen LogP contribution in [-0.4, -0.2) is 70.6 Å². The van der Waals surface area contributed by atoms with E-state index >= 15 is 0 Å². The van der Waals surface area contributed by atoms with E-state index in [-0.39, 0.29) is 0 Å². The number of aryl methyl sites for hydroxylation is 1. The van der Waals surface area contributed by atoms with E-state index in [2.05, 4.69) is 68.2 Å². The molecule has 39 heavy (non-hydrogen) atoms. The molecule has 3 heterocycles. The van der Waals surface area contributed by atoms with E-state index in [0.29, 0.717) is 18.0 Å². The SMILES string of the molecule is CCN(CC)C1CCC(Nc2cccc3cnc(Nc4ccc(C)cn4)nc23)CC1.O=CNC1CCNCC1. The molecule has 0 bridgehead atoms. The van der Waals surface area contributed by atoms with Crippen LogP contribution in [-0.2, 0) is 4.79 Å². The van der Waals surface area contributed by atoms with Gasteiger partial charge in [0.05, 0.1) is 11.2 Å². The molecule has 0 atom stereocenters. The molecule has 2 aromatic heterocycles. The maximum atomic E-state index is 9.94. The van der Waals surface area contributed by atoms with Gasteiger partial charge in [0.25, 0.3) is 0 Å². The molecule has 4 N–H and O–H groups in total. The molecule has 5 rings (SSSR count). The number of benzene rings is 1. The number of nitrogens with one attached hydrogen (secondary N) is 4. The highest BCUT2D eigenvalue weighted by atomic mass is 16.1. The van der Waals surface area contributed by atoms with E-state index in [1.807, 2.05) is 31.5 Å². The van der Waals surface area contributed by atoms with E-state index < -0.39 is 0 Å². The molecule has 9 heteroatoms. The lowest BCUT2D eigenvalue weighted by molar-refractivity contribution is -0.110. The fraction of sp³-hybridized carbons (Fsp3) is 0.533. The van der Waals surface area contributed by atoms with Crippen molar-refractivity contribution in [2.45, 2.75) is 77.4 Å². The van der Waals surface area contributed by atoms with Crippen LogP contribution >= 0.6 is 0 Å². The summed E-state index contributed by atoms with van der Waals surface area (Å²) in [6, 6.07) is 11.9. The summed E-state index contributed by atoms with van der Waals surface area (Å²) < 4.78 is 0. The molecular formula is C30H44N8O. The lowest BCUT2D eigenvalue weighted by Gasteiger charge is -2.36. The second kappa shape index (κ2) is 14.7. The fourth-order valence-electron chi connectivity index (χ4n) is 5.52. The van der Waals surface area contributed by atoms with Gasteiger partial charge in [0.2, 0.25) is 12.4 Å². The summed E-state index contributed by atoms with van der Waals surface area (Å²) in [6.07, 6.45) is 11.5. The zero-order valence-corrected chi connectivity index (χ0v) is 23.6. The van der Waals surface area contributed by atoms with Crippen LogP contribution in [0.2, 0.25) is 0 Å². The number of para-hydroxylation sites is 1. The monoisotopic (exact) mass is 532 g/mol. The van der Waals surface area contributed by atoms with Crippen molar-refractivity contribution >= 4 is 34.8 Å². The van der Waals surface area contributed by atoms with Crippen molar-refractivity contribution in [3.8, 4) is 0 Å². The Balaban J connectivity index is 0.000000333. The Labute approximate surface area is 232 Å². The van der Waals surface area contributed by atoms with Gasteiger partial charge in [-0.15, -0.1) is 0 Å². The molecule has 0 spiro atoms. The molecule has 0 unspecified atom stereocenters. The quantitative estimate of drug-likeness (QED) is 0.296. The minimum absolute atomic E-state index is 0.420. The van der Waals surface area contributed by atoms with Crippen molar-refractivity contribution in [1.82, 2.24) is 30.5 Å². The Bertz CT molecular complexity index is 1150. The largest absolute Gasteiger partial charge is 0.381 e. The van der Waals surface area contributed by atoms with Gasteiger partial charge in [-0.1, -0.05) is 32.0 Å². The van der Waals surface area contributed by atoms with Crippen molar-refractivity contribution in [3.05, 3.63) is 48.3 Å². The topological polar surface area (TPSA) is 107 Å². The van der Waals surface area contributed by atoms with Crippen molar-refractivity contribution < 1.29 is 4.79 Å². The van der Waals surface area contributed by atoms with E-state index in [1.165, 1.54) is 25.7 Å². The van der Waals surface area contributed by atoms with Crippen molar-refractivity contribution in [2.75, 3.05) is 36.8 Å². The van der Waals surface area contributed by atoms with Gasteiger partial charge in [0.15, 0.2) is 0 Å². The van der Waals surface area contributed by atoms with E-state index in [9.17, 15) is 4.79 Å². The van der Waals surface area contributed by atoms with Crippen LogP contribution in [0.25, 0.3) is 10.9 Å². The first-order valence-electron chi connectivity index (χ1n) is 14.5. The van der Waals surface area contributed by atoms with Crippen LogP contribution in [0.15, 0.2) is 42.7 Å². The second-order valence-corrected chi connectivity index (χ2v) is 10.5. The van der Waals surface area contributed by atoms with E-state index in [0.717, 1.165) is 79.4 Å². The van der Waals surface area contributed by atoms with Gasteiger partial charge in [0, 0.05) is 35.9 Å². The summed E-state index contributed by atoms with van der Waals surface area (Å²) in [5.74, 6) is 1.32. The summed E-state index contributed by atoms with van der Waals surface area (Å²) in [5.41, 5.74) is 3.16. The molecule has 1 aliphatic heterocycles. The van der Waals surface area contributed by atoms with E-state index in [4.69, 9.17) is 4.98 Å². The summed E-state index contributed by atoms with van der Waals surface area (Å²) in [5, 5.41) is 14.0. The zero-order valence-electron chi connectivity index (χ0n) is 23.6. The van der Waals surface area contributed by atoms with Crippen molar-refractivity contribution in [2.24, 2.45) is 0 Å². The highest BCUT2D eigenvalue weighted by Crippen LogP contribution is 2.29. The van der Waals surface area contributed by atoms with Gasteiger partial charge >= 0.3 is 0 Å². The Hall–Kier alpha value is -3.30. The van der Waals surface area contributed by atoms with Gasteiger partial charge in [-0.3, -0.25) is 4.79 Å². The van der Waals surface area contributed by atoms with Crippen LogP contribution < -0.4 is 21.3 Å².